The maximum atomic E-state index is 12.4. The second-order valence-corrected chi connectivity index (χ2v) is 4.36. The van der Waals surface area contributed by atoms with Crippen LogP contribution in [0.15, 0.2) is 36.5 Å². The molecule has 0 spiro atoms. The average molecular weight is 273 g/mol. The van der Waals surface area contributed by atoms with E-state index in [0.717, 1.165) is 5.56 Å². The minimum atomic E-state index is -0.944. The number of benzene rings is 1. The van der Waals surface area contributed by atoms with Crippen molar-refractivity contribution in [1.82, 2.24) is 10.2 Å². The molecule has 6 heteroatoms. The minimum absolute atomic E-state index is 0.109. The molecule has 2 rings (SSSR count). The third-order valence-corrected chi connectivity index (χ3v) is 2.93. The lowest BCUT2D eigenvalue weighted by atomic mass is 10.1. The fourth-order valence-corrected chi connectivity index (χ4v) is 1.93. The SMILES string of the molecule is Cc1ccccc1N(CCC(=O)O)C(=O)c1ccn[nH]1. The zero-order valence-electron chi connectivity index (χ0n) is 11.0. The number of anilines is 1. The number of carboxylic acid groups (broad SMARTS) is 1. The maximum absolute atomic E-state index is 12.4. The van der Waals surface area contributed by atoms with E-state index in [2.05, 4.69) is 10.2 Å². The third kappa shape index (κ3) is 3.03. The Morgan fingerprint density at radius 1 is 1.30 bits per heavy atom. The summed E-state index contributed by atoms with van der Waals surface area (Å²) in [5.74, 6) is -1.24. The fourth-order valence-electron chi connectivity index (χ4n) is 1.93. The molecule has 2 N–H and O–H groups in total. The van der Waals surface area contributed by atoms with E-state index in [1.807, 2.05) is 25.1 Å². The number of aromatic nitrogens is 2. The Labute approximate surface area is 116 Å². The molecule has 20 heavy (non-hydrogen) atoms. The van der Waals surface area contributed by atoms with Gasteiger partial charge in [-0.1, -0.05) is 18.2 Å². The molecule has 0 aliphatic rings. The number of nitrogens with one attached hydrogen (secondary N) is 1. The number of aliphatic carboxylic acids is 1. The lowest BCUT2D eigenvalue weighted by Crippen LogP contribution is -2.33. The van der Waals surface area contributed by atoms with Crippen molar-refractivity contribution in [2.75, 3.05) is 11.4 Å². The van der Waals surface area contributed by atoms with Crippen molar-refractivity contribution in [3.8, 4) is 0 Å². The minimum Gasteiger partial charge on any atom is -0.481 e. The normalized spacial score (nSPS) is 10.2. The molecule has 0 radical (unpaired) electrons. The Morgan fingerprint density at radius 3 is 2.65 bits per heavy atom. The zero-order chi connectivity index (χ0) is 14.5. The highest BCUT2D eigenvalue weighted by atomic mass is 16.4. The standard InChI is InChI=1S/C14H15N3O3/c1-10-4-2-3-5-12(10)17(9-7-13(18)19)14(20)11-6-8-15-16-11/h2-6,8H,7,9H2,1H3,(H,15,16)(H,18,19). The van der Waals surface area contributed by atoms with Gasteiger partial charge in [0.2, 0.25) is 0 Å². The molecule has 1 aromatic carbocycles. The molecule has 0 saturated carbocycles. The summed E-state index contributed by atoms with van der Waals surface area (Å²) < 4.78 is 0. The number of amides is 1. The fraction of sp³-hybridized carbons (Fsp3) is 0.214. The van der Waals surface area contributed by atoms with E-state index in [4.69, 9.17) is 5.11 Å². The molecular formula is C14H15N3O3. The number of hydrogen-bond donors (Lipinski definition) is 2. The molecule has 0 atom stereocenters. The van der Waals surface area contributed by atoms with Crippen molar-refractivity contribution >= 4 is 17.6 Å². The molecule has 1 amide bonds. The molecule has 1 heterocycles. The lowest BCUT2D eigenvalue weighted by molar-refractivity contribution is -0.136. The molecule has 0 aliphatic heterocycles. The van der Waals surface area contributed by atoms with Gasteiger partial charge >= 0.3 is 5.97 Å². The predicted octanol–water partition coefficient (Wildman–Crippen LogP) is 1.84. The molecule has 0 aliphatic carbocycles. The second kappa shape index (κ2) is 6.01. The number of para-hydroxylation sites is 1. The van der Waals surface area contributed by atoms with Gasteiger partial charge in [-0.05, 0) is 24.6 Å². The monoisotopic (exact) mass is 273 g/mol. The van der Waals surface area contributed by atoms with E-state index in [0.29, 0.717) is 11.4 Å². The number of carbonyl (C=O) groups excluding carboxylic acids is 1. The van der Waals surface area contributed by atoms with Crippen molar-refractivity contribution in [1.29, 1.82) is 0 Å². The molecular weight excluding hydrogens is 258 g/mol. The van der Waals surface area contributed by atoms with Crippen LogP contribution in [0.1, 0.15) is 22.5 Å². The van der Waals surface area contributed by atoms with Crippen LogP contribution in [0, 0.1) is 6.92 Å². The second-order valence-electron chi connectivity index (χ2n) is 4.36. The first kappa shape index (κ1) is 13.8. The van der Waals surface area contributed by atoms with Gasteiger partial charge in [0.25, 0.3) is 5.91 Å². The number of carboxylic acids is 1. The lowest BCUT2D eigenvalue weighted by Gasteiger charge is -2.23. The molecule has 0 bridgehead atoms. The van der Waals surface area contributed by atoms with Crippen molar-refractivity contribution in [2.45, 2.75) is 13.3 Å². The van der Waals surface area contributed by atoms with Crippen molar-refractivity contribution in [2.24, 2.45) is 0 Å². The number of nitrogens with zero attached hydrogens (tertiary/aromatic N) is 2. The van der Waals surface area contributed by atoms with Gasteiger partial charge in [-0.25, -0.2) is 0 Å². The summed E-state index contributed by atoms with van der Waals surface area (Å²) in [6.45, 7) is 1.99. The van der Waals surface area contributed by atoms with Crippen LogP contribution in [0.25, 0.3) is 0 Å². The van der Waals surface area contributed by atoms with Crippen molar-refractivity contribution in [3.05, 3.63) is 47.8 Å². The number of aryl methyl sites for hydroxylation is 1. The highest BCUT2D eigenvalue weighted by Crippen LogP contribution is 2.21. The zero-order valence-corrected chi connectivity index (χ0v) is 11.0. The van der Waals surface area contributed by atoms with Gasteiger partial charge in [-0.3, -0.25) is 14.7 Å². The number of H-pyrrole nitrogens is 1. The predicted molar refractivity (Wildman–Crippen MR) is 73.7 cm³/mol. The van der Waals surface area contributed by atoms with Crippen molar-refractivity contribution in [3.63, 3.8) is 0 Å². The average Bonchev–Trinajstić information content (AvgIpc) is 2.94. The third-order valence-electron chi connectivity index (χ3n) is 2.93. The summed E-state index contributed by atoms with van der Waals surface area (Å²) in [6.07, 6.45) is 1.37. The summed E-state index contributed by atoms with van der Waals surface area (Å²) in [5.41, 5.74) is 1.94. The molecule has 0 saturated heterocycles. The van der Waals surface area contributed by atoms with E-state index in [1.54, 1.807) is 12.1 Å². The van der Waals surface area contributed by atoms with E-state index in [9.17, 15) is 9.59 Å². The number of aromatic amines is 1. The highest BCUT2D eigenvalue weighted by molar-refractivity contribution is 6.05. The maximum Gasteiger partial charge on any atom is 0.305 e. The largest absolute Gasteiger partial charge is 0.481 e. The summed E-state index contributed by atoms with van der Waals surface area (Å²) >= 11 is 0. The smallest absolute Gasteiger partial charge is 0.305 e. The Kier molecular flexibility index (Phi) is 4.14. The van der Waals surface area contributed by atoms with Gasteiger partial charge < -0.3 is 10.0 Å². The first-order chi connectivity index (χ1) is 9.59. The van der Waals surface area contributed by atoms with E-state index in [1.165, 1.54) is 11.1 Å². The molecule has 1 aromatic heterocycles. The van der Waals surface area contributed by atoms with Gasteiger partial charge in [0.05, 0.1) is 6.42 Å². The summed E-state index contributed by atoms with van der Waals surface area (Å²) in [5, 5.41) is 15.2. The number of rotatable bonds is 5. The summed E-state index contributed by atoms with van der Waals surface area (Å²) in [4.78, 5) is 24.7. The van der Waals surface area contributed by atoms with Gasteiger partial charge in [0.15, 0.2) is 0 Å². The highest BCUT2D eigenvalue weighted by Gasteiger charge is 2.20. The van der Waals surface area contributed by atoms with Crippen LogP contribution < -0.4 is 4.90 Å². The van der Waals surface area contributed by atoms with E-state index in [-0.39, 0.29) is 18.9 Å². The van der Waals surface area contributed by atoms with E-state index >= 15 is 0 Å². The Hall–Kier alpha value is -2.63. The first-order valence-corrected chi connectivity index (χ1v) is 6.18. The molecule has 6 nitrogen and oxygen atoms in total. The molecule has 0 unspecified atom stereocenters. The topological polar surface area (TPSA) is 86.3 Å². The van der Waals surface area contributed by atoms with Crippen LogP contribution in [0.2, 0.25) is 0 Å². The Morgan fingerprint density at radius 2 is 2.05 bits per heavy atom. The Bertz CT molecular complexity index is 608. The van der Waals surface area contributed by atoms with Crippen LogP contribution in [-0.4, -0.2) is 33.7 Å². The summed E-state index contributed by atoms with van der Waals surface area (Å²) in [7, 11) is 0. The van der Waals surface area contributed by atoms with Gasteiger partial charge in [0, 0.05) is 18.4 Å². The number of carbonyl (C=O) groups is 2. The molecule has 0 fully saturated rings. The van der Waals surface area contributed by atoms with Crippen LogP contribution in [0.3, 0.4) is 0 Å². The van der Waals surface area contributed by atoms with Crippen LogP contribution in [0.4, 0.5) is 5.69 Å². The van der Waals surface area contributed by atoms with Crippen LogP contribution in [0.5, 0.6) is 0 Å². The quantitative estimate of drug-likeness (QED) is 0.870. The van der Waals surface area contributed by atoms with E-state index < -0.39 is 5.97 Å². The van der Waals surface area contributed by atoms with Crippen LogP contribution in [-0.2, 0) is 4.79 Å². The molecule has 104 valence electrons. The van der Waals surface area contributed by atoms with Crippen LogP contribution >= 0.6 is 0 Å². The van der Waals surface area contributed by atoms with Gasteiger partial charge in [0.1, 0.15) is 5.69 Å². The summed E-state index contributed by atoms with van der Waals surface area (Å²) in [6, 6.07) is 8.92. The van der Waals surface area contributed by atoms with Gasteiger partial charge in [-0.2, -0.15) is 5.10 Å². The molecule has 2 aromatic rings. The number of hydrogen-bond acceptors (Lipinski definition) is 3. The van der Waals surface area contributed by atoms with Crippen molar-refractivity contribution < 1.29 is 14.7 Å². The van der Waals surface area contributed by atoms with Gasteiger partial charge in [-0.15, -0.1) is 0 Å². The first-order valence-electron chi connectivity index (χ1n) is 6.18. The Balaban J connectivity index is 2.32.